The van der Waals surface area contributed by atoms with Gasteiger partial charge in [0, 0.05) is 18.2 Å². The molecule has 1 aromatic carbocycles. The molecule has 0 saturated carbocycles. The van der Waals surface area contributed by atoms with Gasteiger partial charge < -0.3 is 4.74 Å². The molecule has 0 amide bonds. The number of rotatable bonds is 3. The van der Waals surface area contributed by atoms with Gasteiger partial charge >= 0.3 is 5.69 Å². The molecule has 0 unspecified atom stereocenters. The SMILES string of the molecule is Cc1c(-c2ccc(Oc3ncnc4c3CCC4)cc2)n(C)c(=O)[nH]c1=O. The molecule has 1 aliphatic rings. The van der Waals surface area contributed by atoms with Crippen LogP contribution in [0.4, 0.5) is 0 Å². The molecule has 7 heteroatoms. The van der Waals surface area contributed by atoms with E-state index >= 15 is 0 Å². The molecule has 0 spiro atoms. The fourth-order valence-electron chi connectivity index (χ4n) is 3.36. The molecule has 0 atom stereocenters. The highest BCUT2D eigenvalue weighted by atomic mass is 16.5. The highest BCUT2D eigenvalue weighted by Gasteiger charge is 2.18. The maximum atomic E-state index is 11.9. The lowest BCUT2D eigenvalue weighted by atomic mass is 10.1. The fraction of sp³-hybridized carbons (Fsp3) is 0.263. The van der Waals surface area contributed by atoms with Gasteiger partial charge in [0.25, 0.3) is 5.56 Å². The molecule has 2 aromatic heterocycles. The van der Waals surface area contributed by atoms with Crippen LogP contribution in [-0.4, -0.2) is 19.5 Å². The third-order valence-electron chi connectivity index (χ3n) is 4.73. The van der Waals surface area contributed by atoms with E-state index in [1.54, 1.807) is 14.0 Å². The van der Waals surface area contributed by atoms with Gasteiger partial charge in [0.1, 0.15) is 12.1 Å². The number of fused-ring (bicyclic) bond motifs is 1. The summed E-state index contributed by atoms with van der Waals surface area (Å²) in [7, 11) is 1.63. The Morgan fingerprint density at radius 1 is 1.12 bits per heavy atom. The van der Waals surface area contributed by atoms with Gasteiger partial charge in [-0.3, -0.25) is 14.3 Å². The zero-order valence-corrected chi connectivity index (χ0v) is 14.6. The van der Waals surface area contributed by atoms with E-state index in [0.29, 0.717) is 22.9 Å². The number of ether oxygens (including phenoxy) is 1. The Hall–Kier alpha value is -3.22. The van der Waals surface area contributed by atoms with Crippen molar-refractivity contribution in [2.75, 3.05) is 0 Å². The summed E-state index contributed by atoms with van der Waals surface area (Å²) in [5, 5.41) is 0. The highest BCUT2D eigenvalue weighted by molar-refractivity contribution is 5.63. The summed E-state index contributed by atoms with van der Waals surface area (Å²) in [4.78, 5) is 34.6. The molecule has 0 aliphatic heterocycles. The molecular formula is C19H18N4O3. The van der Waals surface area contributed by atoms with Crippen molar-refractivity contribution in [1.29, 1.82) is 0 Å². The summed E-state index contributed by atoms with van der Waals surface area (Å²) in [6.45, 7) is 1.70. The number of nitrogens with zero attached hydrogens (tertiary/aromatic N) is 3. The van der Waals surface area contributed by atoms with Gasteiger partial charge in [0.05, 0.1) is 11.4 Å². The number of hydrogen-bond acceptors (Lipinski definition) is 5. The van der Waals surface area contributed by atoms with Crippen LogP contribution in [0, 0.1) is 6.92 Å². The van der Waals surface area contributed by atoms with Crippen LogP contribution in [0.2, 0.25) is 0 Å². The number of aromatic amines is 1. The van der Waals surface area contributed by atoms with E-state index < -0.39 is 5.69 Å². The molecule has 26 heavy (non-hydrogen) atoms. The van der Waals surface area contributed by atoms with Gasteiger partial charge in [-0.15, -0.1) is 0 Å². The number of benzene rings is 1. The Morgan fingerprint density at radius 2 is 1.88 bits per heavy atom. The lowest BCUT2D eigenvalue weighted by Gasteiger charge is -2.12. The molecule has 1 aliphatic carbocycles. The molecular weight excluding hydrogens is 332 g/mol. The molecule has 1 N–H and O–H groups in total. The minimum Gasteiger partial charge on any atom is -0.439 e. The molecule has 0 saturated heterocycles. The maximum Gasteiger partial charge on any atom is 0.328 e. The average molecular weight is 350 g/mol. The van der Waals surface area contributed by atoms with Gasteiger partial charge in [-0.25, -0.2) is 14.8 Å². The van der Waals surface area contributed by atoms with Crippen LogP contribution in [0.15, 0.2) is 40.2 Å². The van der Waals surface area contributed by atoms with Crippen molar-refractivity contribution in [2.24, 2.45) is 7.05 Å². The first-order valence-electron chi connectivity index (χ1n) is 8.45. The first-order valence-corrected chi connectivity index (χ1v) is 8.45. The normalized spacial score (nSPS) is 12.8. The summed E-state index contributed by atoms with van der Waals surface area (Å²) >= 11 is 0. The number of hydrogen-bond donors (Lipinski definition) is 1. The lowest BCUT2D eigenvalue weighted by Crippen LogP contribution is -2.31. The summed E-state index contributed by atoms with van der Waals surface area (Å²) in [5.41, 5.74) is 3.17. The Kier molecular flexibility index (Phi) is 3.91. The van der Waals surface area contributed by atoms with Crippen LogP contribution in [0.5, 0.6) is 11.6 Å². The largest absolute Gasteiger partial charge is 0.439 e. The molecule has 132 valence electrons. The molecule has 7 nitrogen and oxygen atoms in total. The van der Waals surface area contributed by atoms with Crippen LogP contribution >= 0.6 is 0 Å². The summed E-state index contributed by atoms with van der Waals surface area (Å²) in [6.07, 6.45) is 4.49. The summed E-state index contributed by atoms with van der Waals surface area (Å²) in [6, 6.07) is 7.28. The van der Waals surface area contributed by atoms with Gasteiger partial charge in [0.15, 0.2) is 0 Å². The van der Waals surface area contributed by atoms with E-state index in [9.17, 15) is 9.59 Å². The molecule has 2 heterocycles. The van der Waals surface area contributed by atoms with E-state index in [0.717, 1.165) is 36.1 Å². The zero-order chi connectivity index (χ0) is 18.3. The van der Waals surface area contributed by atoms with Crippen molar-refractivity contribution in [3.8, 4) is 22.9 Å². The zero-order valence-electron chi connectivity index (χ0n) is 14.6. The predicted octanol–water partition coefficient (Wildman–Crippen LogP) is 2.12. The van der Waals surface area contributed by atoms with E-state index in [2.05, 4.69) is 15.0 Å². The van der Waals surface area contributed by atoms with Crippen LogP contribution in [0.25, 0.3) is 11.3 Å². The first-order chi connectivity index (χ1) is 12.5. The minimum absolute atomic E-state index is 0.375. The van der Waals surface area contributed by atoms with Gasteiger partial charge in [-0.2, -0.15) is 0 Å². The topological polar surface area (TPSA) is 89.9 Å². The molecule has 0 bridgehead atoms. The van der Waals surface area contributed by atoms with E-state index in [4.69, 9.17) is 4.74 Å². The summed E-state index contributed by atoms with van der Waals surface area (Å²) in [5.74, 6) is 1.24. The maximum absolute atomic E-state index is 11.9. The number of aryl methyl sites for hydroxylation is 1. The molecule has 4 rings (SSSR count). The van der Waals surface area contributed by atoms with Crippen molar-refractivity contribution >= 4 is 0 Å². The van der Waals surface area contributed by atoms with Crippen molar-refractivity contribution in [1.82, 2.24) is 19.5 Å². The lowest BCUT2D eigenvalue weighted by molar-refractivity contribution is 0.455. The van der Waals surface area contributed by atoms with E-state index in [1.807, 2.05) is 24.3 Å². The van der Waals surface area contributed by atoms with E-state index in [-0.39, 0.29) is 5.56 Å². The molecule has 0 radical (unpaired) electrons. The average Bonchev–Trinajstić information content (AvgIpc) is 3.11. The Morgan fingerprint density at radius 3 is 2.65 bits per heavy atom. The first kappa shape index (κ1) is 16.3. The van der Waals surface area contributed by atoms with Crippen molar-refractivity contribution < 1.29 is 4.74 Å². The second-order valence-electron chi connectivity index (χ2n) is 6.38. The quantitative estimate of drug-likeness (QED) is 0.781. The van der Waals surface area contributed by atoms with Crippen molar-refractivity contribution in [2.45, 2.75) is 26.2 Å². The fourth-order valence-corrected chi connectivity index (χ4v) is 3.36. The van der Waals surface area contributed by atoms with Gasteiger partial charge in [-0.05, 0) is 56.0 Å². The second-order valence-corrected chi connectivity index (χ2v) is 6.38. The Balaban J connectivity index is 1.68. The van der Waals surface area contributed by atoms with Crippen LogP contribution in [-0.2, 0) is 19.9 Å². The predicted molar refractivity (Wildman–Crippen MR) is 96.6 cm³/mol. The van der Waals surface area contributed by atoms with Gasteiger partial charge in [-0.1, -0.05) is 0 Å². The van der Waals surface area contributed by atoms with E-state index in [1.165, 1.54) is 10.9 Å². The van der Waals surface area contributed by atoms with Crippen LogP contribution in [0.1, 0.15) is 23.2 Å². The van der Waals surface area contributed by atoms with Crippen molar-refractivity contribution in [3.05, 3.63) is 68.3 Å². The van der Waals surface area contributed by atoms with Crippen molar-refractivity contribution in [3.63, 3.8) is 0 Å². The minimum atomic E-state index is -0.438. The number of H-pyrrole nitrogens is 1. The Bertz CT molecular complexity index is 1060. The third-order valence-corrected chi connectivity index (χ3v) is 4.73. The number of aromatic nitrogens is 4. The number of nitrogens with one attached hydrogen (secondary N) is 1. The third kappa shape index (κ3) is 2.71. The summed E-state index contributed by atoms with van der Waals surface area (Å²) < 4.78 is 7.37. The van der Waals surface area contributed by atoms with Gasteiger partial charge in [0.2, 0.25) is 5.88 Å². The van der Waals surface area contributed by atoms with Crippen LogP contribution in [0.3, 0.4) is 0 Å². The monoisotopic (exact) mass is 350 g/mol. The second kappa shape index (κ2) is 6.25. The standard InChI is InChI=1S/C19H18N4O3/c1-11-16(23(2)19(25)22-17(11)24)12-6-8-13(9-7-12)26-18-14-4-3-5-15(14)20-10-21-18/h6-10H,3-5H2,1-2H3,(H,22,24,25). The smallest absolute Gasteiger partial charge is 0.328 e. The Labute approximate surface area is 149 Å². The molecule has 3 aromatic rings. The van der Waals surface area contributed by atoms with Crippen LogP contribution < -0.4 is 16.0 Å². The molecule has 0 fully saturated rings. The highest BCUT2D eigenvalue weighted by Crippen LogP contribution is 2.31.